The van der Waals surface area contributed by atoms with Gasteiger partial charge < -0.3 is 29.2 Å². The molecule has 0 nitrogen and oxygen atoms in total. The zero-order valence-corrected chi connectivity index (χ0v) is 6.71. The van der Waals surface area contributed by atoms with Crippen molar-refractivity contribution in [1.29, 1.82) is 0 Å². The number of rotatable bonds is 0. The minimum atomic E-state index is 0. The molecular weight excluding hydrogens is 85.9 g/mol. The Morgan fingerprint density at radius 2 is 0.750 bits per heavy atom. The van der Waals surface area contributed by atoms with E-state index in [1.54, 1.807) is 6.92 Å². The van der Waals surface area contributed by atoms with Gasteiger partial charge in [-0.1, -0.05) is 7.43 Å². The molecule has 0 atom stereocenters. The van der Waals surface area contributed by atoms with Gasteiger partial charge in [0.05, 0.1) is 0 Å². The molecule has 0 spiro atoms. The van der Waals surface area contributed by atoms with Crippen LogP contribution in [0.3, 0.4) is 0 Å². The summed E-state index contributed by atoms with van der Waals surface area (Å²) in [4.78, 5) is 0. The van der Waals surface area contributed by atoms with E-state index in [-0.39, 0.29) is 67.4 Å². The molecule has 0 aromatic heterocycles. The minimum Gasteiger partial charge on any atom is -0.358 e. The molecule has 0 rings (SSSR count). The second-order valence-corrected chi connectivity index (χ2v) is 0. The van der Waals surface area contributed by atoms with Crippen LogP contribution in [0.25, 0.3) is 0 Å². The fourth-order valence-corrected chi connectivity index (χ4v) is 0. The van der Waals surface area contributed by atoms with Gasteiger partial charge in [-0.2, -0.15) is 6.92 Å². The second-order valence-electron chi connectivity index (χ2n) is 0. The van der Waals surface area contributed by atoms with Crippen LogP contribution in [-0.2, 0) is 0 Å². The van der Waals surface area contributed by atoms with Crippen molar-refractivity contribution in [2.75, 3.05) is 0 Å². The van der Waals surface area contributed by atoms with Crippen LogP contribution >= 0.6 is 0 Å². The van der Waals surface area contributed by atoms with Gasteiger partial charge in [0.25, 0.3) is 0 Å². The average Bonchev–Trinajstić information content (AvgIpc) is 1.00. The molecule has 0 radical (unpaired) electrons. The Bertz CT molecular complexity index is 6.49. The van der Waals surface area contributed by atoms with Crippen molar-refractivity contribution in [2.24, 2.45) is 0 Å². The first-order valence-corrected chi connectivity index (χ1v) is 0.707. The Labute approximate surface area is 81.2 Å². The Kier molecular flexibility index (Phi) is 4760. The molecule has 8 heavy (non-hydrogen) atoms. The third-order valence-electron chi connectivity index (χ3n) is 0. The predicted molar refractivity (Wildman–Crippen MR) is 37.0 cm³/mol. The van der Waals surface area contributed by atoms with Crippen LogP contribution in [0, 0.1) is 29.2 Å². The summed E-state index contributed by atoms with van der Waals surface area (Å²) in [7, 11) is 0. The maximum absolute atomic E-state index is 3.25. The first kappa shape index (κ1) is 128. The van der Waals surface area contributed by atoms with Crippen molar-refractivity contribution in [1.82, 2.24) is 0 Å². The van der Waals surface area contributed by atoms with Gasteiger partial charge in [-0.3, -0.25) is 0 Å². The fourth-order valence-electron chi connectivity index (χ4n) is 0. The van der Waals surface area contributed by atoms with E-state index in [9.17, 15) is 0 Å². The van der Waals surface area contributed by atoms with Gasteiger partial charge in [0.1, 0.15) is 0 Å². The van der Waals surface area contributed by atoms with E-state index in [0.29, 0.717) is 0 Å². The van der Waals surface area contributed by atoms with Gasteiger partial charge in [-0.05, 0) is 0 Å². The maximum Gasteiger partial charge on any atom is 1.00 e. The molecule has 0 saturated heterocycles. The molecule has 0 aromatic carbocycles. The Hall–Kier alpha value is 1.19. The fraction of sp³-hybridized carbons (Fsp3) is 0.333. The van der Waals surface area contributed by atoms with Crippen LogP contribution < -0.4 is 37.7 Å². The number of hydrogen-bond donors (Lipinski definition) is 0. The quantitative estimate of drug-likeness (QED) is 0.225. The summed E-state index contributed by atoms with van der Waals surface area (Å²) in [6, 6.07) is 0. The summed E-state index contributed by atoms with van der Waals surface area (Å²) in [5, 5.41) is 0. The molecular formula is C6H18Li2-2. The van der Waals surface area contributed by atoms with Gasteiger partial charge in [-0.25, -0.2) is 0 Å². The van der Waals surface area contributed by atoms with Crippen LogP contribution in [0.2, 0.25) is 0 Å². The maximum atomic E-state index is 3.25. The average molecular weight is 104 g/mol. The molecule has 0 amide bonds. The van der Waals surface area contributed by atoms with Crippen molar-refractivity contribution in [3.8, 4) is 0 Å². The van der Waals surface area contributed by atoms with Crippen molar-refractivity contribution in [3.63, 3.8) is 0 Å². The molecule has 0 aliphatic heterocycles. The Morgan fingerprint density at radius 3 is 0.750 bits per heavy atom. The molecule has 0 aliphatic carbocycles. The third kappa shape index (κ3) is 193. The van der Waals surface area contributed by atoms with E-state index >= 15 is 0 Å². The first-order valence-electron chi connectivity index (χ1n) is 0.707. The van der Waals surface area contributed by atoms with Gasteiger partial charge in [0.2, 0.25) is 0 Å². The van der Waals surface area contributed by atoms with Gasteiger partial charge in [0, 0.05) is 0 Å². The zero-order chi connectivity index (χ0) is 2.00. The SMILES string of the molecule is C.[CH2-]C.[CH3-].[CH3-].[CH3-].[Li+].[Li+]. The summed E-state index contributed by atoms with van der Waals surface area (Å²) in [6.07, 6.45) is 0. The van der Waals surface area contributed by atoms with E-state index in [1.807, 2.05) is 0 Å². The van der Waals surface area contributed by atoms with Crippen molar-refractivity contribution >= 4 is 0 Å². The van der Waals surface area contributed by atoms with E-state index < -0.39 is 0 Å². The Balaban J connectivity index is -0.000000000333. The van der Waals surface area contributed by atoms with Crippen molar-refractivity contribution in [3.05, 3.63) is 29.2 Å². The van der Waals surface area contributed by atoms with Crippen molar-refractivity contribution < 1.29 is 37.7 Å². The minimum absolute atomic E-state index is 0. The van der Waals surface area contributed by atoms with Crippen molar-refractivity contribution in [2.45, 2.75) is 14.4 Å². The molecule has 2 heteroatoms. The molecule has 0 fully saturated rings. The number of hydrogen-bond acceptors (Lipinski definition) is 0. The predicted octanol–water partition coefficient (Wildman–Crippen LogP) is -3.16. The van der Waals surface area contributed by atoms with E-state index in [1.165, 1.54) is 0 Å². The van der Waals surface area contributed by atoms with Crippen LogP contribution in [-0.4, -0.2) is 0 Å². The van der Waals surface area contributed by atoms with Crippen LogP contribution in [0.15, 0.2) is 0 Å². The molecule has 0 N–H and O–H groups in total. The Morgan fingerprint density at radius 1 is 0.750 bits per heavy atom. The summed E-state index contributed by atoms with van der Waals surface area (Å²) < 4.78 is 0. The third-order valence-corrected chi connectivity index (χ3v) is 0. The largest absolute Gasteiger partial charge is 1.00 e. The standard InChI is InChI=1S/C2H5.CH4.3CH3.2Li/c1-2;;;;;;/h1H2,2H3;1H4;3*1H3;;/q-1;;3*-1;2*+1. The first-order chi connectivity index (χ1) is 1.00. The molecule has 0 aromatic rings. The van der Waals surface area contributed by atoms with Crippen LogP contribution in [0.5, 0.6) is 0 Å². The van der Waals surface area contributed by atoms with Crippen LogP contribution in [0.4, 0.5) is 0 Å². The molecule has 46 valence electrons. The monoisotopic (exact) mass is 104 g/mol. The molecule has 0 unspecified atom stereocenters. The summed E-state index contributed by atoms with van der Waals surface area (Å²) in [5.74, 6) is 0. The van der Waals surface area contributed by atoms with Gasteiger partial charge in [-0.15, -0.1) is 0 Å². The van der Waals surface area contributed by atoms with E-state index in [2.05, 4.69) is 6.92 Å². The molecule has 0 saturated carbocycles. The topological polar surface area (TPSA) is 0 Å². The normalized spacial score (nSPS) is 0.750. The van der Waals surface area contributed by atoms with Gasteiger partial charge in [0.15, 0.2) is 0 Å². The van der Waals surface area contributed by atoms with Gasteiger partial charge >= 0.3 is 37.7 Å². The molecule has 0 bridgehead atoms. The summed E-state index contributed by atoms with van der Waals surface area (Å²) in [5.41, 5.74) is 0. The second kappa shape index (κ2) is 297. The van der Waals surface area contributed by atoms with E-state index in [0.717, 1.165) is 0 Å². The molecule has 0 heterocycles. The summed E-state index contributed by atoms with van der Waals surface area (Å²) in [6.45, 7) is 5.00. The zero-order valence-electron chi connectivity index (χ0n) is 6.71. The van der Waals surface area contributed by atoms with Crippen LogP contribution in [0.1, 0.15) is 14.4 Å². The molecule has 0 aliphatic rings. The summed E-state index contributed by atoms with van der Waals surface area (Å²) >= 11 is 0. The van der Waals surface area contributed by atoms with E-state index in [4.69, 9.17) is 0 Å². The smallest absolute Gasteiger partial charge is 0.358 e.